The Bertz CT molecular complexity index is 501. The maximum absolute atomic E-state index is 5.74. The Hall–Kier alpha value is -1.23. The molecule has 2 aromatic rings. The summed E-state index contributed by atoms with van der Waals surface area (Å²) in [5, 5.41) is 0.930. The minimum atomic E-state index is 0.560. The van der Waals surface area contributed by atoms with E-state index >= 15 is 0 Å². The van der Waals surface area contributed by atoms with Crippen molar-refractivity contribution in [3.63, 3.8) is 0 Å². The number of nitrogens with two attached hydrogens (primary N) is 1. The summed E-state index contributed by atoms with van der Waals surface area (Å²) in [6.07, 6.45) is 2.44. The first-order valence-corrected chi connectivity index (χ1v) is 5.42. The lowest BCUT2D eigenvalue weighted by Gasteiger charge is -1.99. The smallest absolute Gasteiger partial charge is 0.149 e. The van der Waals surface area contributed by atoms with Crippen molar-refractivity contribution >= 4 is 27.6 Å². The summed E-state index contributed by atoms with van der Waals surface area (Å²) in [6, 6.07) is 0. The molecule has 1 fully saturated rings. The molecule has 0 bridgehead atoms. The molecule has 72 valence electrons. The van der Waals surface area contributed by atoms with Gasteiger partial charge in [0, 0.05) is 5.92 Å². The maximum Gasteiger partial charge on any atom is 0.149 e. The van der Waals surface area contributed by atoms with E-state index < -0.39 is 0 Å². The van der Waals surface area contributed by atoms with Crippen molar-refractivity contribution in [2.75, 3.05) is 5.73 Å². The van der Waals surface area contributed by atoms with Crippen LogP contribution in [0, 0.1) is 6.92 Å². The van der Waals surface area contributed by atoms with Gasteiger partial charge in [0.2, 0.25) is 0 Å². The number of fused-ring (bicyclic) bond motifs is 1. The van der Waals surface area contributed by atoms with E-state index in [0.29, 0.717) is 11.7 Å². The van der Waals surface area contributed by atoms with Crippen molar-refractivity contribution in [3.8, 4) is 0 Å². The average Bonchev–Trinajstić information content (AvgIpc) is 2.92. The van der Waals surface area contributed by atoms with Gasteiger partial charge < -0.3 is 5.73 Å². The fourth-order valence-corrected chi connectivity index (χ4v) is 2.34. The zero-order chi connectivity index (χ0) is 9.71. The van der Waals surface area contributed by atoms with Gasteiger partial charge in [0.1, 0.15) is 16.5 Å². The average molecular weight is 206 g/mol. The van der Waals surface area contributed by atoms with E-state index in [2.05, 4.69) is 14.3 Å². The first-order valence-electron chi connectivity index (χ1n) is 4.65. The van der Waals surface area contributed by atoms with Crippen LogP contribution in [0.1, 0.15) is 30.3 Å². The molecule has 2 aromatic heterocycles. The highest BCUT2D eigenvalue weighted by atomic mass is 32.1. The molecule has 2 N–H and O–H groups in total. The molecule has 0 amide bonds. The second-order valence-electron chi connectivity index (χ2n) is 3.69. The molecule has 0 saturated heterocycles. The number of hydrogen-bond acceptors (Lipinski definition) is 5. The third-order valence-corrected chi connectivity index (χ3v) is 3.26. The lowest BCUT2D eigenvalue weighted by molar-refractivity contribution is 0.932. The van der Waals surface area contributed by atoms with Gasteiger partial charge in [-0.3, -0.25) is 0 Å². The molecule has 2 heterocycles. The maximum atomic E-state index is 5.74. The Morgan fingerprint density at radius 3 is 2.86 bits per heavy atom. The summed E-state index contributed by atoms with van der Waals surface area (Å²) in [5.74, 6) is 2.12. The van der Waals surface area contributed by atoms with Crippen molar-refractivity contribution < 1.29 is 0 Å². The van der Waals surface area contributed by atoms with E-state index in [-0.39, 0.29) is 0 Å². The molecule has 1 aliphatic carbocycles. The predicted octanol–water partition coefficient (Wildman–Crippen LogP) is 1.85. The van der Waals surface area contributed by atoms with E-state index in [1.165, 1.54) is 24.4 Å². The summed E-state index contributed by atoms with van der Waals surface area (Å²) in [5.41, 5.74) is 6.70. The third-order valence-electron chi connectivity index (χ3n) is 2.50. The second kappa shape index (κ2) is 2.63. The summed E-state index contributed by atoms with van der Waals surface area (Å²) in [7, 11) is 0. The molecule has 0 unspecified atom stereocenters. The van der Waals surface area contributed by atoms with Gasteiger partial charge in [-0.1, -0.05) is 0 Å². The Balaban J connectivity index is 2.29. The van der Waals surface area contributed by atoms with Crippen LogP contribution < -0.4 is 5.73 Å². The quantitative estimate of drug-likeness (QED) is 0.773. The highest BCUT2D eigenvalue weighted by Gasteiger charge is 2.27. The van der Waals surface area contributed by atoms with Crippen LogP contribution in [-0.4, -0.2) is 14.3 Å². The Morgan fingerprint density at radius 1 is 1.36 bits per heavy atom. The topological polar surface area (TPSA) is 64.7 Å². The predicted molar refractivity (Wildman–Crippen MR) is 56.3 cm³/mol. The number of anilines is 1. The van der Waals surface area contributed by atoms with Crippen molar-refractivity contribution in [2.45, 2.75) is 25.7 Å². The van der Waals surface area contributed by atoms with E-state index in [0.717, 1.165) is 21.7 Å². The van der Waals surface area contributed by atoms with Crippen LogP contribution in [0.3, 0.4) is 0 Å². The first kappa shape index (κ1) is 8.11. The van der Waals surface area contributed by atoms with Gasteiger partial charge >= 0.3 is 0 Å². The van der Waals surface area contributed by atoms with Gasteiger partial charge in [-0.25, -0.2) is 9.97 Å². The van der Waals surface area contributed by atoms with Crippen LogP contribution in [0.25, 0.3) is 10.2 Å². The largest absolute Gasteiger partial charge is 0.382 e. The van der Waals surface area contributed by atoms with Crippen molar-refractivity contribution in [1.82, 2.24) is 14.3 Å². The summed E-state index contributed by atoms with van der Waals surface area (Å²) >= 11 is 1.36. The van der Waals surface area contributed by atoms with Crippen LogP contribution in [0.4, 0.5) is 5.82 Å². The fraction of sp³-hybridized carbons (Fsp3) is 0.444. The van der Waals surface area contributed by atoms with Crippen LogP contribution in [0.5, 0.6) is 0 Å². The van der Waals surface area contributed by atoms with Gasteiger partial charge in [0.05, 0.1) is 11.1 Å². The lowest BCUT2D eigenvalue weighted by Crippen LogP contribution is -1.96. The molecular weight excluding hydrogens is 196 g/mol. The zero-order valence-electron chi connectivity index (χ0n) is 7.82. The number of aryl methyl sites for hydroxylation is 1. The molecule has 0 spiro atoms. The van der Waals surface area contributed by atoms with E-state index in [9.17, 15) is 0 Å². The molecule has 4 nitrogen and oxygen atoms in total. The van der Waals surface area contributed by atoms with Gasteiger partial charge in [-0.05, 0) is 31.3 Å². The number of nitrogen functional groups attached to an aromatic ring is 1. The number of hydrogen-bond donors (Lipinski definition) is 1. The summed E-state index contributed by atoms with van der Waals surface area (Å²) in [4.78, 5) is 9.88. The SMILES string of the molecule is Cc1nc(C2CC2)nc2snc(N)c12. The van der Waals surface area contributed by atoms with Crippen molar-refractivity contribution in [3.05, 3.63) is 11.5 Å². The second-order valence-corrected chi connectivity index (χ2v) is 4.44. The third kappa shape index (κ3) is 1.09. The Morgan fingerprint density at radius 2 is 2.14 bits per heavy atom. The van der Waals surface area contributed by atoms with Crippen LogP contribution in [-0.2, 0) is 0 Å². The molecule has 0 atom stereocenters. The Labute approximate surface area is 85.3 Å². The number of aromatic nitrogens is 3. The van der Waals surface area contributed by atoms with Crippen molar-refractivity contribution in [1.29, 1.82) is 0 Å². The van der Waals surface area contributed by atoms with E-state index in [1.807, 2.05) is 6.92 Å². The lowest BCUT2D eigenvalue weighted by atomic mass is 10.3. The minimum absolute atomic E-state index is 0.560. The molecule has 0 radical (unpaired) electrons. The van der Waals surface area contributed by atoms with Crippen LogP contribution in [0.2, 0.25) is 0 Å². The zero-order valence-corrected chi connectivity index (χ0v) is 8.64. The van der Waals surface area contributed by atoms with Crippen molar-refractivity contribution in [2.24, 2.45) is 0 Å². The molecule has 3 rings (SSSR count). The van der Waals surface area contributed by atoms with E-state index in [1.54, 1.807) is 0 Å². The first-order chi connectivity index (χ1) is 6.75. The van der Waals surface area contributed by atoms with Crippen LogP contribution >= 0.6 is 11.5 Å². The van der Waals surface area contributed by atoms with E-state index in [4.69, 9.17) is 5.73 Å². The van der Waals surface area contributed by atoms with Gasteiger partial charge in [0.25, 0.3) is 0 Å². The highest BCUT2D eigenvalue weighted by molar-refractivity contribution is 7.13. The van der Waals surface area contributed by atoms with Gasteiger partial charge in [0.15, 0.2) is 0 Å². The monoisotopic (exact) mass is 206 g/mol. The van der Waals surface area contributed by atoms with Crippen LogP contribution in [0.15, 0.2) is 0 Å². The highest BCUT2D eigenvalue weighted by Crippen LogP contribution is 2.39. The number of nitrogens with zero attached hydrogens (tertiary/aromatic N) is 3. The Kier molecular flexibility index (Phi) is 1.53. The molecular formula is C9H10N4S. The minimum Gasteiger partial charge on any atom is -0.382 e. The molecule has 1 saturated carbocycles. The molecule has 14 heavy (non-hydrogen) atoms. The summed E-state index contributed by atoms with van der Waals surface area (Å²) in [6.45, 7) is 1.97. The molecule has 0 aromatic carbocycles. The molecule has 1 aliphatic rings. The standard InChI is InChI=1S/C9H10N4S/c1-4-6-7(10)13-14-9(6)12-8(11-4)5-2-3-5/h5H,2-3H2,1H3,(H2,10,13). The van der Waals surface area contributed by atoms with Gasteiger partial charge in [-0.2, -0.15) is 4.37 Å². The number of rotatable bonds is 1. The normalized spacial score (nSPS) is 16.4. The fourth-order valence-electron chi connectivity index (χ4n) is 1.59. The molecule has 5 heteroatoms. The summed E-state index contributed by atoms with van der Waals surface area (Å²) < 4.78 is 4.09. The molecule has 0 aliphatic heterocycles. The van der Waals surface area contributed by atoms with Gasteiger partial charge in [-0.15, -0.1) is 0 Å².